The number of carbonyl (C=O) groups excluding carboxylic acids is 1. The molecule has 0 saturated heterocycles. The van der Waals surface area contributed by atoms with Crippen LogP contribution in [0.3, 0.4) is 0 Å². The van der Waals surface area contributed by atoms with E-state index in [0.29, 0.717) is 10.7 Å². The number of nitro groups is 1. The van der Waals surface area contributed by atoms with Crippen molar-refractivity contribution in [2.45, 2.75) is 6.92 Å². The molecule has 0 aliphatic rings. The Bertz CT molecular complexity index is 908. The first-order valence-electron chi connectivity index (χ1n) is 6.47. The molecule has 0 unspecified atom stereocenters. The summed E-state index contributed by atoms with van der Waals surface area (Å²) in [7, 11) is 0. The lowest BCUT2D eigenvalue weighted by atomic mass is 10.3. The molecule has 0 spiro atoms. The molecular formula is C15H11N3O3S. The fourth-order valence-corrected chi connectivity index (χ4v) is 2.91. The average Bonchev–Trinajstić information content (AvgIpc) is 3.08. The molecule has 0 N–H and O–H groups in total. The van der Waals surface area contributed by atoms with Gasteiger partial charge < -0.3 is 0 Å². The van der Waals surface area contributed by atoms with E-state index in [9.17, 15) is 14.9 Å². The number of thiophene rings is 1. The highest BCUT2D eigenvalue weighted by Crippen LogP contribution is 2.25. The van der Waals surface area contributed by atoms with Gasteiger partial charge in [0, 0.05) is 17.0 Å². The third-order valence-electron chi connectivity index (χ3n) is 3.13. The highest BCUT2D eigenvalue weighted by Gasteiger charge is 2.12. The predicted molar refractivity (Wildman–Crippen MR) is 85.1 cm³/mol. The van der Waals surface area contributed by atoms with Crippen molar-refractivity contribution >= 4 is 39.4 Å². The molecule has 7 heteroatoms. The Kier molecular flexibility index (Phi) is 3.56. The van der Waals surface area contributed by atoms with Gasteiger partial charge in [0.2, 0.25) is 0 Å². The van der Waals surface area contributed by atoms with Crippen molar-refractivity contribution in [2.24, 2.45) is 0 Å². The molecule has 3 aromatic rings. The number of carbonyl (C=O) groups is 1. The lowest BCUT2D eigenvalue weighted by Gasteiger charge is -2.00. The van der Waals surface area contributed by atoms with E-state index in [-0.39, 0.29) is 10.9 Å². The van der Waals surface area contributed by atoms with Gasteiger partial charge in [0.25, 0.3) is 5.91 Å². The Balaban J connectivity index is 1.91. The van der Waals surface area contributed by atoms with E-state index in [1.165, 1.54) is 16.7 Å². The number of rotatable bonds is 3. The molecule has 0 radical (unpaired) electrons. The predicted octanol–water partition coefficient (Wildman–Crippen LogP) is 3.67. The second-order valence-electron chi connectivity index (χ2n) is 4.59. The minimum absolute atomic E-state index is 0.0522. The minimum Gasteiger partial charge on any atom is -0.269 e. The lowest BCUT2D eigenvalue weighted by molar-refractivity contribution is -0.380. The van der Waals surface area contributed by atoms with E-state index in [2.05, 4.69) is 4.98 Å². The van der Waals surface area contributed by atoms with Crippen LogP contribution < -0.4 is 0 Å². The van der Waals surface area contributed by atoms with Gasteiger partial charge in [0.15, 0.2) is 0 Å². The van der Waals surface area contributed by atoms with Crippen LogP contribution in [-0.4, -0.2) is 20.4 Å². The van der Waals surface area contributed by atoms with E-state index in [1.54, 1.807) is 19.1 Å². The van der Waals surface area contributed by atoms with Crippen LogP contribution in [0, 0.1) is 17.0 Å². The maximum atomic E-state index is 12.4. The van der Waals surface area contributed by atoms with Crippen molar-refractivity contribution in [1.29, 1.82) is 0 Å². The fourth-order valence-electron chi connectivity index (χ4n) is 2.18. The summed E-state index contributed by atoms with van der Waals surface area (Å²) in [6.45, 7) is 1.77. The van der Waals surface area contributed by atoms with E-state index < -0.39 is 4.92 Å². The maximum absolute atomic E-state index is 12.4. The minimum atomic E-state index is -0.447. The quantitative estimate of drug-likeness (QED) is 0.420. The van der Waals surface area contributed by atoms with Gasteiger partial charge >= 0.3 is 5.00 Å². The van der Waals surface area contributed by atoms with Crippen LogP contribution in [-0.2, 0) is 0 Å². The summed E-state index contributed by atoms with van der Waals surface area (Å²) in [5.41, 5.74) is 1.50. The van der Waals surface area contributed by atoms with Crippen LogP contribution in [0.15, 0.2) is 42.5 Å². The number of fused-ring (bicyclic) bond motifs is 1. The largest absolute Gasteiger partial charge is 0.324 e. The monoisotopic (exact) mass is 313 g/mol. The summed E-state index contributed by atoms with van der Waals surface area (Å²) in [4.78, 5) is 27.6. The number of hydrogen-bond acceptors (Lipinski definition) is 5. The summed E-state index contributed by atoms with van der Waals surface area (Å²) in [6, 6.07) is 10.4. The molecule has 0 bridgehead atoms. The van der Waals surface area contributed by atoms with Crippen LogP contribution in [0.5, 0.6) is 0 Å². The van der Waals surface area contributed by atoms with Gasteiger partial charge in [-0.3, -0.25) is 19.5 Å². The molecule has 1 aromatic carbocycles. The van der Waals surface area contributed by atoms with E-state index >= 15 is 0 Å². The van der Waals surface area contributed by atoms with Gasteiger partial charge in [-0.25, -0.2) is 4.98 Å². The molecule has 110 valence electrons. The number of para-hydroxylation sites is 2. The smallest absolute Gasteiger partial charge is 0.269 e. The van der Waals surface area contributed by atoms with Crippen molar-refractivity contribution < 1.29 is 9.72 Å². The molecule has 6 nitrogen and oxygen atoms in total. The first-order chi connectivity index (χ1) is 10.6. The van der Waals surface area contributed by atoms with Gasteiger partial charge in [0.05, 0.1) is 16.0 Å². The summed E-state index contributed by atoms with van der Waals surface area (Å²) < 4.78 is 1.52. The molecule has 0 aliphatic heterocycles. The van der Waals surface area contributed by atoms with Gasteiger partial charge in [-0.2, -0.15) is 0 Å². The zero-order chi connectivity index (χ0) is 15.7. The number of imidazole rings is 1. The summed E-state index contributed by atoms with van der Waals surface area (Å²) in [6.07, 6.45) is 2.98. The Hall–Kier alpha value is -2.80. The van der Waals surface area contributed by atoms with Crippen LogP contribution >= 0.6 is 11.3 Å². The number of benzene rings is 1. The molecule has 0 aliphatic carbocycles. The number of aromatic nitrogens is 2. The molecule has 22 heavy (non-hydrogen) atoms. The average molecular weight is 313 g/mol. The normalized spacial score (nSPS) is 11.3. The van der Waals surface area contributed by atoms with Gasteiger partial charge in [0.1, 0.15) is 5.82 Å². The first kappa shape index (κ1) is 14.2. The molecule has 2 heterocycles. The van der Waals surface area contributed by atoms with Crippen molar-refractivity contribution in [1.82, 2.24) is 9.55 Å². The zero-order valence-electron chi connectivity index (χ0n) is 11.6. The SMILES string of the molecule is Cc1nc2ccccc2n1C(=O)/C=C/c1ccc([N+](=O)[O-])s1. The molecular weight excluding hydrogens is 302 g/mol. The summed E-state index contributed by atoms with van der Waals surface area (Å²) >= 11 is 1.03. The van der Waals surface area contributed by atoms with Crippen molar-refractivity contribution in [2.75, 3.05) is 0 Å². The number of nitrogens with zero attached hydrogens (tertiary/aromatic N) is 3. The molecule has 0 atom stereocenters. The van der Waals surface area contributed by atoms with Gasteiger partial charge in [-0.1, -0.05) is 23.5 Å². The Morgan fingerprint density at radius 2 is 2.09 bits per heavy atom. The Labute approximate surface area is 129 Å². The Morgan fingerprint density at radius 1 is 1.32 bits per heavy atom. The zero-order valence-corrected chi connectivity index (χ0v) is 12.4. The standard InChI is InChI=1S/C15H11N3O3S/c1-10-16-12-4-2-3-5-13(12)17(10)14(19)8-6-11-7-9-15(22-11)18(20)21/h2-9H,1H3/b8-6+. The topological polar surface area (TPSA) is 78.0 Å². The summed E-state index contributed by atoms with van der Waals surface area (Å²) in [5, 5.41) is 10.7. The van der Waals surface area contributed by atoms with Crippen molar-refractivity contribution in [3.63, 3.8) is 0 Å². The number of allylic oxidation sites excluding steroid dienone is 1. The highest BCUT2D eigenvalue weighted by molar-refractivity contribution is 7.16. The fraction of sp³-hybridized carbons (Fsp3) is 0.0667. The third kappa shape index (κ3) is 2.53. The van der Waals surface area contributed by atoms with Crippen molar-refractivity contribution in [3.05, 3.63) is 63.3 Å². The van der Waals surface area contributed by atoms with E-state index in [4.69, 9.17) is 0 Å². The van der Waals surface area contributed by atoms with Crippen molar-refractivity contribution in [3.8, 4) is 0 Å². The number of hydrogen-bond donors (Lipinski definition) is 0. The first-order valence-corrected chi connectivity index (χ1v) is 7.28. The molecule has 0 fully saturated rings. The Morgan fingerprint density at radius 3 is 2.82 bits per heavy atom. The summed E-state index contributed by atoms with van der Waals surface area (Å²) in [5.74, 6) is 0.371. The highest BCUT2D eigenvalue weighted by atomic mass is 32.1. The maximum Gasteiger partial charge on any atom is 0.324 e. The molecule has 0 amide bonds. The lowest BCUT2D eigenvalue weighted by Crippen LogP contribution is -2.08. The second kappa shape index (κ2) is 5.53. The van der Waals surface area contributed by atoms with Crippen LogP contribution in [0.4, 0.5) is 5.00 Å². The second-order valence-corrected chi connectivity index (χ2v) is 5.68. The van der Waals surface area contributed by atoms with Gasteiger partial charge in [-0.05, 0) is 31.2 Å². The number of aryl methyl sites for hydroxylation is 1. The molecule has 3 rings (SSSR count). The van der Waals surface area contributed by atoms with Crippen LogP contribution in [0.25, 0.3) is 17.1 Å². The van der Waals surface area contributed by atoms with E-state index in [1.807, 2.05) is 24.3 Å². The van der Waals surface area contributed by atoms with E-state index in [0.717, 1.165) is 22.4 Å². The van der Waals surface area contributed by atoms with Crippen LogP contribution in [0.1, 0.15) is 15.5 Å². The van der Waals surface area contributed by atoms with Gasteiger partial charge in [-0.15, -0.1) is 0 Å². The van der Waals surface area contributed by atoms with Crippen LogP contribution in [0.2, 0.25) is 0 Å². The molecule has 0 saturated carbocycles. The molecule has 2 aromatic heterocycles. The third-order valence-corrected chi connectivity index (χ3v) is 4.13.